The van der Waals surface area contributed by atoms with Crippen molar-refractivity contribution in [3.8, 4) is 67.5 Å². The lowest BCUT2D eigenvalue weighted by atomic mass is 9.96. The summed E-state index contributed by atoms with van der Waals surface area (Å²) < 4.78 is 4.74. The van der Waals surface area contributed by atoms with Crippen molar-refractivity contribution in [1.82, 2.24) is 19.1 Å². The van der Waals surface area contributed by atoms with Crippen LogP contribution in [0.3, 0.4) is 0 Å². The van der Waals surface area contributed by atoms with Crippen molar-refractivity contribution >= 4 is 43.6 Å². The highest BCUT2D eigenvalue weighted by Crippen LogP contribution is 2.46. The molecule has 12 rings (SSSR count). The molecule has 0 saturated carbocycles. The van der Waals surface area contributed by atoms with E-state index in [2.05, 4.69) is 240 Å². The van der Waals surface area contributed by atoms with Crippen molar-refractivity contribution in [2.24, 2.45) is 0 Å². The van der Waals surface area contributed by atoms with Crippen LogP contribution < -0.4 is 0 Å². The second-order valence-corrected chi connectivity index (χ2v) is 15.8. The maximum atomic E-state index is 5.58. The van der Waals surface area contributed by atoms with Crippen LogP contribution >= 0.6 is 0 Å². The highest BCUT2D eigenvalue weighted by atomic mass is 15.2. The predicted octanol–water partition coefficient (Wildman–Crippen LogP) is 15.0. The van der Waals surface area contributed by atoms with Crippen LogP contribution in [0.5, 0.6) is 0 Å². The van der Waals surface area contributed by atoms with Gasteiger partial charge in [0.25, 0.3) is 0 Å². The highest BCUT2D eigenvalue weighted by molar-refractivity contribution is 6.28. The summed E-state index contributed by atoms with van der Waals surface area (Å²) in [5, 5.41) is 4.67. The summed E-state index contributed by atoms with van der Waals surface area (Å²) in [7, 11) is 0. The van der Waals surface area contributed by atoms with Gasteiger partial charge in [0, 0.05) is 38.4 Å². The number of rotatable bonds is 7. The van der Waals surface area contributed by atoms with Gasteiger partial charge in [-0.2, -0.15) is 0 Å². The number of hydrogen-bond acceptors (Lipinski definition) is 2. The van der Waals surface area contributed by atoms with E-state index in [1.54, 1.807) is 0 Å². The van der Waals surface area contributed by atoms with Gasteiger partial charge in [0.05, 0.1) is 33.5 Å². The van der Waals surface area contributed by atoms with Crippen molar-refractivity contribution in [2.45, 2.75) is 0 Å². The van der Waals surface area contributed by atoms with Gasteiger partial charge in [0.15, 0.2) is 0 Å². The van der Waals surface area contributed by atoms with Crippen LogP contribution in [0.25, 0.3) is 111 Å². The molecule has 0 N–H and O–H groups in total. The lowest BCUT2D eigenvalue weighted by Gasteiger charge is -2.15. The minimum Gasteiger partial charge on any atom is -0.307 e. The first-order valence-corrected chi connectivity index (χ1v) is 21.1. The zero-order valence-corrected chi connectivity index (χ0v) is 33.7. The van der Waals surface area contributed by atoms with E-state index in [0.717, 1.165) is 77.7 Å². The topological polar surface area (TPSA) is 35.6 Å². The number of hydrogen-bond donors (Lipinski definition) is 0. The average Bonchev–Trinajstić information content (AvgIpc) is 3.88. The van der Waals surface area contributed by atoms with Crippen LogP contribution in [0.1, 0.15) is 0 Å². The maximum Gasteiger partial charge on any atom is 0.235 e. The van der Waals surface area contributed by atoms with E-state index < -0.39 is 0 Å². The third-order valence-electron chi connectivity index (χ3n) is 12.1. The third-order valence-corrected chi connectivity index (χ3v) is 12.1. The van der Waals surface area contributed by atoms with Gasteiger partial charge in [-0.1, -0.05) is 182 Å². The smallest absolute Gasteiger partial charge is 0.235 e. The highest BCUT2D eigenvalue weighted by Gasteiger charge is 2.26. The number of fused-ring (bicyclic) bond motifs is 7. The molecule has 0 atom stereocenters. The molecule has 0 bridgehead atoms. The fourth-order valence-corrected chi connectivity index (χ4v) is 9.30. The minimum absolute atomic E-state index is 0.611. The first kappa shape index (κ1) is 35.6. The molecule has 3 heterocycles. The van der Waals surface area contributed by atoms with E-state index >= 15 is 0 Å². The monoisotopic (exact) mass is 790 g/mol. The Kier molecular flexibility index (Phi) is 8.46. The van der Waals surface area contributed by atoms with Crippen LogP contribution in [0.15, 0.2) is 231 Å². The lowest BCUT2D eigenvalue weighted by molar-refractivity contribution is 0.995. The molecule has 0 spiro atoms. The first-order chi connectivity index (χ1) is 30.8. The molecule has 4 nitrogen and oxygen atoms in total. The van der Waals surface area contributed by atoms with E-state index in [1.807, 2.05) is 0 Å². The van der Waals surface area contributed by atoms with Crippen molar-refractivity contribution < 1.29 is 0 Å². The Labute approximate surface area is 359 Å². The van der Waals surface area contributed by atoms with Crippen LogP contribution in [0, 0.1) is 0 Å². The summed E-state index contributed by atoms with van der Waals surface area (Å²) in [4.78, 5) is 11.1. The average molecular weight is 791 g/mol. The summed E-state index contributed by atoms with van der Waals surface area (Å²) >= 11 is 0. The van der Waals surface area contributed by atoms with Gasteiger partial charge in [0.1, 0.15) is 0 Å². The van der Waals surface area contributed by atoms with E-state index in [1.165, 1.54) is 27.5 Å². The Morgan fingerprint density at radius 3 is 1.42 bits per heavy atom. The SMILES string of the molecule is c1ccc(-c2cccc(-c3cccc(-c4cc(-c5ccccc5)nc(-n5c6ccccc6c6c(-c7ccccc7)cc7c8ccccc8n(-c8ccccc8)c7c65)n4)c3)c2)cc1. The molecule has 0 amide bonds. The first-order valence-electron chi connectivity index (χ1n) is 21.1. The Morgan fingerprint density at radius 2 is 0.758 bits per heavy atom. The van der Waals surface area contributed by atoms with Gasteiger partial charge in [-0.25, -0.2) is 9.97 Å². The van der Waals surface area contributed by atoms with Gasteiger partial charge in [-0.15, -0.1) is 0 Å². The summed E-state index contributed by atoms with van der Waals surface area (Å²) in [6, 6.07) is 82.0. The van der Waals surface area contributed by atoms with Gasteiger partial charge >= 0.3 is 0 Å². The maximum absolute atomic E-state index is 5.58. The van der Waals surface area contributed by atoms with Gasteiger partial charge in [-0.3, -0.25) is 4.57 Å². The number of para-hydroxylation sites is 3. The van der Waals surface area contributed by atoms with Crippen LogP contribution in [0.2, 0.25) is 0 Å². The molecule has 0 aliphatic heterocycles. The van der Waals surface area contributed by atoms with Crippen LogP contribution in [-0.2, 0) is 0 Å². The van der Waals surface area contributed by atoms with Gasteiger partial charge < -0.3 is 4.57 Å². The summed E-state index contributed by atoms with van der Waals surface area (Å²) in [6.45, 7) is 0. The Hall–Kier alpha value is -8.34. The molecule has 0 unspecified atom stereocenters. The largest absolute Gasteiger partial charge is 0.307 e. The normalized spacial score (nSPS) is 11.5. The minimum atomic E-state index is 0.611. The van der Waals surface area contributed by atoms with Crippen molar-refractivity contribution in [1.29, 1.82) is 0 Å². The van der Waals surface area contributed by atoms with Crippen molar-refractivity contribution in [3.63, 3.8) is 0 Å². The van der Waals surface area contributed by atoms with E-state index in [9.17, 15) is 0 Å². The van der Waals surface area contributed by atoms with Crippen molar-refractivity contribution in [2.75, 3.05) is 0 Å². The molecule has 0 radical (unpaired) electrons. The Balaban J connectivity index is 1.18. The zero-order valence-electron chi connectivity index (χ0n) is 33.7. The molecule has 4 heteroatoms. The summed E-state index contributed by atoms with van der Waals surface area (Å²) in [5.41, 5.74) is 16.2. The molecule has 0 aliphatic rings. The van der Waals surface area contributed by atoms with E-state index in [4.69, 9.17) is 9.97 Å². The zero-order chi connectivity index (χ0) is 41.0. The Morgan fingerprint density at radius 1 is 0.290 bits per heavy atom. The second-order valence-electron chi connectivity index (χ2n) is 15.8. The molecule has 3 aromatic heterocycles. The van der Waals surface area contributed by atoms with E-state index in [0.29, 0.717) is 5.95 Å². The van der Waals surface area contributed by atoms with Crippen molar-refractivity contribution in [3.05, 3.63) is 231 Å². The third kappa shape index (κ3) is 5.92. The molecule has 0 aliphatic carbocycles. The number of aromatic nitrogens is 4. The quantitative estimate of drug-likeness (QED) is 0.161. The Bertz CT molecular complexity index is 3610. The molecule has 0 fully saturated rings. The lowest BCUT2D eigenvalue weighted by Crippen LogP contribution is -2.05. The second kappa shape index (κ2) is 14.7. The van der Waals surface area contributed by atoms with Crippen LogP contribution in [0.4, 0.5) is 0 Å². The fourth-order valence-electron chi connectivity index (χ4n) is 9.30. The predicted molar refractivity (Wildman–Crippen MR) is 258 cm³/mol. The molecule has 9 aromatic carbocycles. The van der Waals surface area contributed by atoms with Gasteiger partial charge in [-0.05, 0) is 81.9 Å². The van der Waals surface area contributed by atoms with E-state index in [-0.39, 0.29) is 0 Å². The van der Waals surface area contributed by atoms with Crippen LogP contribution in [-0.4, -0.2) is 19.1 Å². The van der Waals surface area contributed by atoms with Gasteiger partial charge in [0.2, 0.25) is 5.95 Å². The summed E-state index contributed by atoms with van der Waals surface area (Å²) in [5.74, 6) is 0.611. The number of benzene rings is 9. The molecule has 290 valence electrons. The number of nitrogens with zero attached hydrogens (tertiary/aromatic N) is 4. The molecule has 12 aromatic rings. The standard InChI is InChI=1S/C58H38N4/c1-5-19-39(20-6-1)42-25-17-26-43(35-42)44-27-18-28-45(36-44)52-38-51(41-23-9-3-10-24-41)59-58(60-52)62-54-34-16-14-32-48(54)55-49(40-21-7-2-8-22-40)37-50-47-31-13-15-33-53(47)61(56(50)57(55)62)46-29-11-4-12-30-46/h1-38H. The molecular weight excluding hydrogens is 753 g/mol. The molecule has 0 saturated heterocycles. The fraction of sp³-hybridized carbons (Fsp3) is 0. The molecule has 62 heavy (non-hydrogen) atoms. The summed E-state index contributed by atoms with van der Waals surface area (Å²) in [6.07, 6.45) is 0. The molecular formula is C58H38N4.